The Morgan fingerprint density at radius 2 is 1.00 bits per heavy atom. The zero-order chi connectivity index (χ0) is 9.40. The molecule has 0 aliphatic rings. The van der Waals surface area contributed by atoms with Crippen LogP contribution >= 0.6 is 0 Å². The average Bonchev–Trinajstić information content (AvgIpc) is 2.11. The molecule has 0 unspecified atom stereocenters. The van der Waals surface area contributed by atoms with Gasteiger partial charge in [-0.05, 0) is 11.1 Å². The molecule has 0 rings (SSSR count). The number of allylic oxidation sites excluding steroid dienone is 8. The first-order valence-electron chi connectivity index (χ1n) is 3.70. The van der Waals surface area contributed by atoms with Gasteiger partial charge in [0.05, 0.1) is 0 Å². The molecule has 12 heavy (non-hydrogen) atoms. The second kappa shape index (κ2) is 6.17. The highest BCUT2D eigenvalue weighted by molar-refractivity contribution is 5.47. The molecule has 0 atom stereocenters. The van der Waals surface area contributed by atoms with Gasteiger partial charge in [-0.1, -0.05) is 62.8 Å². The summed E-state index contributed by atoms with van der Waals surface area (Å²) in [4.78, 5) is 0. The van der Waals surface area contributed by atoms with Crippen molar-refractivity contribution in [2.24, 2.45) is 0 Å². The fourth-order valence-corrected chi connectivity index (χ4v) is 0.818. The van der Waals surface area contributed by atoms with Gasteiger partial charge in [0.1, 0.15) is 0 Å². The fraction of sp³-hybridized carbons (Fsp3) is 0. The van der Waals surface area contributed by atoms with Crippen LogP contribution in [0, 0.1) is 0 Å². The largest absolute Gasteiger partial charge is 0.0990 e. The van der Waals surface area contributed by atoms with Gasteiger partial charge in [0.2, 0.25) is 0 Å². The van der Waals surface area contributed by atoms with E-state index < -0.39 is 0 Å². The fourth-order valence-electron chi connectivity index (χ4n) is 0.818. The molecule has 0 heterocycles. The monoisotopic (exact) mass is 158 g/mol. The van der Waals surface area contributed by atoms with Crippen LogP contribution in [-0.4, -0.2) is 0 Å². The topological polar surface area (TPSA) is 0 Å². The van der Waals surface area contributed by atoms with E-state index >= 15 is 0 Å². The van der Waals surface area contributed by atoms with Crippen LogP contribution in [0.5, 0.6) is 0 Å². The van der Waals surface area contributed by atoms with Gasteiger partial charge >= 0.3 is 0 Å². The highest BCUT2D eigenvalue weighted by Gasteiger charge is 1.92. The van der Waals surface area contributed by atoms with Gasteiger partial charge in [-0.2, -0.15) is 0 Å². The van der Waals surface area contributed by atoms with Gasteiger partial charge in [-0.25, -0.2) is 0 Å². The van der Waals surface area contributed by atoms with Crippen molar-refractivity contribution in [3.05, 3.63) is 73.9 Å². The third kappa shape index (κ3) is 3.02. The molecule has 0 nitrogen and oxygen atoms in total. The van der Waals surface area contributed by atoms with Crippen LogP contribution in [0.2, 0.25) is 0 Å². The zero-order valence-corrected chi connectivity index (χ0v) is 7.29. The molecule has 0 N–H and O–H groups in total. The lowest BCUT2D eigenvalue weighted by atomic mass is 10.1. The second-order valence-electron chi connectivity index (χ2n) is 2.12. The number of hydrogen-bond donors (Lipinski definition) is 0. The summed E-state index contributed by atoms with van der Waals surface area (Å²) in [6.07, 6.45) is 10.7. The normalized spacial score (nSPS) is 12.0. The van der Waals surface area contributed by atoms with Crippen molar-refractivity contribution in [1.29, 1.82) is 0 Å². The molecule has 0 aromatic carbocycles. The van der Waals surface area contributed by atoms with Crippen LogP contribution < -0.4 is 0 Å². The molecule has 0 radical (unpaired) electrons. The van der Waals surface area contributed by atoms with Gasteiger partial charge in [-0.3, -0.25) is 0 Å². The van der Waals surface area contributed by atoms with E-state index in [9.17, 15) is 0 Å². The van der Waals surface area contributed by atoms with Crippen molar-refractivity contribution in [2.75, 3.05) is 0 Å². The van der Waals surface area contributed by atoms with E-state index in [-0.39, 0.29) is 0 Å². The Kier molecular flexibility index (Phi) is 5.37. The summed E-state index contributed by atoms with van der Waals surface area (Å²) in [5.41, 5.74) is 2.00. The van der Waals surface area contributed by atoms with E-state index in [4.69, 9.17) is 0 Å². The molecule has 0 bridgehead atoms. The van der Waals surface area contributed by atoms with E-state index in [0.717, 1.165) is 11.1 Å². The van der Waals surface area contributed by atoms with Gasteiger partial charge in [-0.15, -0.1) is 0 Å². The van der Waals surface area contributed by atoms with E-state index in [1.807, 2.05) is 12.2 Å². The first-order valence-corrected chi connectivity index (χ1v) is 3.70. The molecular weight excluding hydrogens is 144 g/mol. The highest BCUT2D eigenvalue weighted by atomic mass is 14.0. The van der Waals surface area contributed by atoms with Crippen molar-refractivity contribution >= 4 is 0 Å². The molecule has 0 saturated heterocycles. The van der Waals surface area contributed by atoms with Gasteiger partial charge < -0.3 is 0 Å². The Labute approximate surface area is 74.6 Å². The predicted octanol–water partition coefficient (Wildman–Crippen LogP) is 3.58. The van der Waals surface area contributed by atoms with Crippen LogP contribution in [0.1, 0.15) is 0 Å². The smallest absolute Gasteiger partial charge is 0.0190 e. The lowest BCUT2D eigenvalue weighted by Crippen LogP contribution is -1.80. The molecule has 62 valence electrons. The third-order valence-corrected chi connectivity index (χ3v) is 1.37. The maximum absolute atomic E-state index is 3.69. The summed E-state index contributed by atoms with van der Waals surface area (Å²) < 4.78 is 0. The van der Waals surface area contributed by atoms with Gasteiger partial charge in [0, 0.05) is 0 Å². The summed E-state index contributed by atoms with van der Waals surface area (Å²) in [6.45, 7) is 14.6. The molecule has 0 aliphatic carbocycles. The van der Waals surface area contributed by atoms with Crippen LogP contribution in [0.15, 0.2) is 73.9 Å². The van der Waals surface area contributed by atoms with E-state index in [1.54, 1.807) is 24.3 Å². The summed E-state index contributed by atoms with van der Waals surface area (Å²) in [7, 11) is 0. The molecule has 0 fully saturated rings. The van der Waals surface area contributed by atoms with E-state index in [0.29, 0.717) is 0 Å². The molecule has 0 aliphatic heterocycles. The lowest BCUT2D eigenvalue weighted by molar-refractivity contribution is 1.56. The maximum atomic E-state index is 3.69. The van der Waals surface area contributed by atoms with Crippen LogP contribution in [0.3, 0.4) is 0 Å². The first kappa shape index (κ1) is 10.4. The summed E-state index contributed by atoms with van der Waals surface area (Å²) >= 11 is 0. The van der Waals surface area contributed by atoms with Gasteiger partial charge in [0.25, 0.3) is 0 Å². The van der Waals surface area contributed by atoms with Crippen LogP contribution in [0.4, 0.5) is 0 Å². The first-order chi connectivity index (χ1) is 5.79. The Balaban J connectivity index is 4.91. The summed E-state index contributed by atoms with van der Waals surface area (Å²) in [5, 5.41) is 0. The Morgan fingerprint density at radius 3 is 1.17 bits per heavy atom. The van der Waals surface area contributed by atoms with Crippen LogP contribution in [-0.2, 0) is 0 Å². The van der Waals surface area contributed by atoms with E-state index in [1.165, 1.54) is 0 Å². The second-order valence-corrected chi connectivity index (χ2v) is 2.12. The Hall–Kier alpha value is -1.56. The van der Waals surface area contributed by atoms with Crippen molar-refractivity contribution in [2.45, 2.75) is 0 Å². The third-order valence-electron chi connectivity index (χ3n) is 1.37. The standard InChI is InChI=1S/C12H14/c1-5-9-11(7-3)12(8-4)10-6-2/h5-10H,1-4H2/b11-9+,12-10+. The lowest BCUT2D eigenvalue weighted by Gasteiger charge is -1.99. The highest BCUT2D eigenvalue weighted by Crippen LogP contribution is 2.12. The number of rotatable bonds is 5. The predicted molar refractivity (Wildman–Crippen MR) is 57.0 cm³/mol. The molecule has 0 saturated carbocycles. The van der Waals surface area contributed by atoms with Crippen molar-refractivity contribution in [1.82, 2.24) is 0 Å². The summed E-state index contributed by atoms with van der Waals surface area (Å²) in [5.74, 6) is 0. The van der Waals surface area contributed by atoms with Crippen molar-refractivity contribution in [3.8, 4) is 0 Å². The maximum Gasteiger partial charge on any atom is -0.0190 e. The molecule has 0 aromatic rings. The quantitative estimate of drug-likeness (QED) is 0.536. The average molecular weight is 158 g/mol. The van der Waals surface area contributed by atoms with Gasteiger partial charge in [0.15, 0.2) is 0 Å². The van der Waals surface area contributed by atoms with Crippen molar-refractivity contribution in [3.63, 3.8) is 0 Å². The minimum Gasteiger partial charge on any atom is -0.0990 e. The van der Waals surface area contributed by atoms with E-state index in [2.05, 4.69) is 26.3 Å². The minimum atomic E-state index is 1.000. The molecule has 0 spiro atoms. The molecule has 0 heteroatoms. The van der Waals surface area contributed by atoms with Crippen molar-refractivity contribution < 1.29 is 0 Å². The minimum absolute atomic E-state index is 1.000. The molecule has 0 aromatic heterocycles. The van der Waals surface area contributed by atoms with Crippen LogP contribution in [0.25, 0.3) is 0 Å². The molecule has 0 amide bonds. The molecular formula is C12H14. The SMILES string of the molecule is C=C/C=C(C=C)/C(C=C)=C/C=C. The number of hydrogen-bond acceptors (Lipinski definition) is 0. The zero-order valence-electron chi connectivity index (χ0n) is 7.29. The Morgan fingerprint density at radius 1 is 0.667 bits per heavy atom. The summed E-state index contributed by atoms with van der Waals surface area (Å²) in [6, 6.07) is 0. The Bertz CT molecular complexity index is 221.